The predicted octanol–water partition coefficient (Wildman–Crippen LogP) is 4.75. The number of allylic oxidation sites excluding steroid dienone is 1. The molecule has 0 aliphatic heterocycles. The quantitative estimate of drug-likeness (QED) is 0.509. The maximum atomic E-state index is 6.44. The van der Waals surface area contributed by atoms with Gasteiger partial charge in [0.05, 0.1) is 0 Å². The van der Waals surface area contributed by atoms with E-state index in [1.807, 2.05) is 0 Å². The van der Waals surface area contributed by atoms with Crippen LogP contribution in [-0.4, -0.2) is 14.4 Å². The molecule has 0 N–H and O–H groups in total. The number of hydrogen-bond acceptors (Lipinski definition) is 1. The lowest BCUT2D eigenvalue weighted by Crippen LogP contribution is -2.43. The van der Waals surface area contributed by atoms with E-state index in [-0.39, 0.29) is 0 Å². The van der Waals surface area contributed by atoms with Crippen molar-refractivity contribution in [2.24, 2.45) is 5.92 Å². The molecule has 0 radical (unpaired) electrons. The van der Waals surface area contributed by atoms with Crippen LogP contribution in [0.4, 0.5) is 0 Å². The van der Waals surface area contributed by atoms with Gasteiger partial charge in [0.1, 0.15) is 0 Å². The van der Waals surface area contributed by atoms with Crippen molar-refractivity contribution < 1.29 is 4.43 Å². The third kappa shape index (κ3) is 3.46. The normalized spacial score (nSPS) is 27.1. The average Bonchev–Trinajstić information content (AvgIpc) is 2.50. The van der Waals surface area contributed by atoms with Gasteiger partial charge in [0.2, 0.25) is 0 Å². The Kier molecular flexibility index (Phi) is 4.41. The Bertz CT molecular complexity index is 240. The monoisotopic (exact) mass is 240 g/mol. The van der Waals surface area contributed by atoms with Crippen molar-refractivity contribution in [3.63, 3.8) is 0 Å². The molecule has 0 aromatic carbocycles. The van der Waals surface area contributed by atoms with Crippen LogP contribution < -0.4 is 0 Å². The number of rotatable bonds is 4. The lowest BCUT2D eigenvalue weighted by molar-refractivity contribution is 0.183. The largest absolute Gasteiger partial charge is 0.414 e. The fourth-order valence-electron chi connectivity index (χ4n) is 2.18. The molecule has 2 heteroatoms. The van der Waals surface area contributed by atoms with E-state index in [9.17, 15) is 0 Å². The summed E-state index contributed by atoms with van der Waals surface area (Å²) in [7, 11) is -1.55. The van der Waals surface area contributed by atoms with Gasteiger partial charge in [0.25, 0.3) is 0 Å². The molecule has 0 amide bonds. The van der Waals surface area contributed by atoms with E-state index in [0.29, 0.717) is 11.1 Å². The Balaban J connectivity index is 2.48. The first kappa shape index (κ1) is 14.0. The summed E-state index contributed by atoms with van der Waals surface area (Å²) in [6, 6.07) is 0. The van der Waals surface area contributed by atoms with E-state index in [1.165, 1.54) is 19.3 Å². The lowest BCUT2D eigenvalue weighted by atomic mass is 10.0. The van der Waals surface area contributed by atoms with Crippen molar-refractivity contribution in [1.29, 1.82) is 0 Å². The molecule has 1 fully saturated rings. The third-order valence-corrected chi connectivity index (χ3v) is 8.80. The summed E-state index contributed by atoms with van der Waals surface area (Å²) in [5.74, 6) is 0.826. The standard InChI is InChI=1S/C14H28OSi/c1-7-8-12-9-10-13(11-12)15-16(5,6)14(2,3)4/h7,12-13H,1,8-11H2,2-6H3/t12-,13-/m0/s1. The summed E-state index contributed by atoms with van der Waals surface area (Å²) >= 11 is 0. The van der Waals surface area contributed by atoms with Crippen molar-refractivity contribution in [2.75, 3.05) is 0 Å². The van der Waals surface area contributed by atoms with Crippen molar-refractivity contribution in [1.82, 2.24) is 0 Å². The Morgan fingerprint density at radius 2 is 1.94 bits per heavy atom. The van der Waals surface area contributed by atoms with E-state index >= 15 is 0 Å². The van der Waals surface area contributed by atoms with Gasteiger partial charge in [-0.25, -0.2) is 0 Å². The average molecular weight is 240 g/mol. The fraction of sp³-hybridized carbons (Fsp3) is 0.857. The van der Waals surface area contributed by atoms with Crippen LogP contribution in [0.15, 0.2) is 12.7 Å². The smallest absolute Gasteiger partial charge is 0.192 e. The molecule has 16 heavy (non-hydrogen) atoms. The first-order valence-electron chi connectivity index (χ1n) is 6.55. The Morgan fingerprint density at radius 1 is 1.31 bits per heavy atom. The molecule has 0 saturated heterocycles. The van der Waals surface area contributed by atoms with Crippen LogP contribution in [0.2, 0.25) is 18.1 Å². The van der Waals surface area contributed by atoms with Crippen LogP contribution in [0.25, 0.3) is 0 Å². The van der Waals surface area contributed by atoms with Gasteiger partial charge in [0.15, 0.2) is 8.32 Å². The highest BCUT2D eigenvalue weighted by Gasteiger charge is 2.40. The molecular formula is C14H28OSi. The highest BCUT2D eigenvalue weighted by Crippen LogP contribution is 2.40. The van der Waals surface area contributed by atoms with Crippen LogP contribution in [-0.2, 0) is 4.43 Å². The summed E-state index contributed by atoms with van der Waals surface area (Å²) in [5, 5.41) is 0.337. The van der Waals surface area contributed by atoms with E-state index < -0.39 is 8.32 Å². The van der Waals surface area contributed by atoms with Gasteiger partial charge in [-0.2, -0.15) is 0 Å². The first-order valence-corrected chi connectivity index (χ1v) is 9.46. The topological polar surface area (TPSA) is 9.23 Å². The van der Waals surface area contributed by atoms with Crippen LogP contribution in [0, 0.1) is 5.92 Å². The van der Waals surface area contributed by atoms with Gasteiger partial charge in [-0.15, -0.1) is 6.58 Å². The minimum Gasteiger partial charge on any atom is -0.414 e. The Hall–Kier alpha value is -0.0831. The first-order chi connectivity index (χ1) is 7.26. The molecule has 0 aromatic rings. The molecule has 0 unspecified atom stereocenters. The van der Waals surface area contributed by atoms with Crippen molar-refractivity contribution >= 4 is 8.32 Å². The van der Waals surface area contributed by atoms with Crippen molar-refractivity contribution in [2.45, 2.75) is 70.7 Å². The van der Waals surface area contributed by atoms with Crippen LogP contribution in [0.5, 0.6) is 0 Å². The van der Waals surface area contributed by atoms with Crippen LogP contribution in [0.1, 0.15) is 46.5 Å². The van der Waals surface area contributed by atoms with Gasteiger partial charge in [-0.3, -0.25) is 0 Å². The van der Waals surface area contributed by atoms with Crippen LogP contribution >= 0.6 is 0 Å². The molecule has 0 spiro atoms. The highest BCUT2D eigenvalue weighted by molar-refractivity contribution is 6.74. The summed E-state index contributed by atoms with van der Waals surface area (Å²) in [6.07, 6.45) is 7.57. The second-order valence-corrected chi connectivity index (χ2v) is 11.5. The van der Waals surface area contributed by atoms with Gasteiger partial charge in [-0.1, -0.05) is 26.8 Å². The number of hydrogen-bond donors (Lipinski definition) is 0. The molecule has 1 saturated carbocycles. The van der Waals surface area contributed by atoms with Crippen molar-refractivity contribution in [3.8, 4) is 0 Å². The minimum atomic E-state index is -1.55. The summed E-state index contributed by atoms with van der Waals surface area (Å²) in [6.45, 7) is 15.5. The molecular weight excluding hydrogens is 212 g/mol. The highest BCUT2D eigenvalue weighted by atomic mass is 28.4. The maximum absolute atomic E-state index is 6.44. The van der Waals surface area contributed by atoms with E-state index in [1.54, 1.807) is 0 Å². The molecule has 0 heterocycles. The zero-order chi connectivity index (χ0) is 12.4. The predicted molar refractivity (Wildman–Crippen MR) is 74.2 cm³/mol. The van der Waals surface area contributed by atoms with E-state index in [2.05, 4.69) is 46.5 Å². The van der Waals surface area contributed by atoms with E-state index in [4.69, 9.17) is 4.43 Å². The van der Waals surface area contributed by atoms with Crippen molar-refractivity contribution in [3.05, 3.63) is 12.7 Å². The maximum Gasteiger partial charge on any atom is 0.192 e. The molecule has 0 bridgehead atoms. The Labute approximate surface area is 102 Å². The SMILES string of the molecule is C=CC[C@H]1CC[C@H](O[Si](C)(C)C(C)(C)C)C1. The molecule has 1 rings (SSSR count). The third-order valence-electron chi connectivity index (χ3n) is 4.26. The summed E-state index contributed by atoms with van der Waals surface area (Å²) in [5.41, 5.74) is 0. The van der Waals surface area contributed by atoms with Gasteiger partial charge >= 0.3 is 0 Å². The van der Waals surface area contributed by atoms with Gasteiger partial charge < -0.3 is 4.43 Å². The van der Waals surface area contributed by atoms with Gasteiger partial charge in [0, 0.05) is 6.10 Å². The zero-order valence-corrected chi connectivity index (χ0v) is 12.7. The molecule has 2 atom stereocenters. The molecule has 94 valence electrons. The second kappa shape index (κ2) is 5.05. The molecule has 1 nitrogen and oxygen atoms in total. The van der Waals surface area contributed by atoms with Gasteiger partial charge in [-0.05, 0) is 49.7 Å². The lowest BCUT2D eigenvalue weighted by Gasteiger charge is -2.38. The summed E-state index contributed by atoms with van der Waals surface area (Å²) < 4.78 is 6.44. The van der Waals surface area contributed by atoms with Crippen LogP contribution in [0.3, 0.4) is 0 Å². The second-order valence-electron chi connectivity index (χ2n) is 6.70. The molecule has 0 aromatic heterocycles. The minimum absolute atomic E-state index is 0.337. The van der Waals surface area contributed by atoms with E-state index in [0.717, 1.165) is 12.3 Å². The summed E-state index contributed by atoms with van der Waals surface area (Å²) in [4.78, 5) is 0. The Morgan fingerprint density at radius 3 is 2.44 bits per heavy atom. The molecule has 1 aliphatic carbocycles. The fourth-order valence-corrected chi connectivity index (χ4v) is 3.58. The zero-order valence-electron chi connectivity index (χ0n) is 11.7. The molecule has 1 aliphatic rings.